The molecular formula is C30H27F3N4S. The number of hydrogen-bond acceptors (Lipinski definition) is 5. The Bertz CT molecular complexity index is 1440. The largest absolute Gasteiger partial charge is 0.355 e. The lowest BCUT2D eigenvalue weighted by Gasteiger charge is -2.48. The number of rotatable bonds is 7. The smallest absolute Gasteiger partial charge is 0.127 e. The number of pyridine rings is 1. The zero-order valence-corrected chi connectivity index (χ0v) is 21.7. The van der Waals surface area contributed by atoms with E-state index in [0.717, 1.165) is 45.4 Å². The van der Waals surface area contributed by atoms with Crippen molar-refractivity contribution in [1.29, 1.82) is 5.41 Å². The lowest BCUT2D eigenvalue weighted by atomic mass is 9.64. The molecule has 1 aromatic heterocycles. The second kappa shape index (κ2) is 10.6. The molecule has 1 atom stereocenters. The van der Waals surface area contributed by atoms with Gasteiger partial charge in [0.2, 0.25) is 0 Å². The Kier molecular flexibility index (Phi) is 7.27. The summed E-state index contributed by atoms with van der Waals surface area (Å²) >= 11 is 1.32. The van der Waals surface area contributed by atoms with Crippen LogP contribution in [0.15, 0.2) is 95.2 Å². The van der Waals surface area contributed by atoms with Crippen LogP contribution in [0.4, 0.5) is 18.9 Å². The second-order valence-corrected chi connectivity index (χ2v) is 10.8. The summed E-state index contributed by atoms with van der Waals surface area (Å²) in [7, 11) is 0. The Hall–Kier alpha value is -3.62. The summed E-state index contributed by atoms with van der Waals surface area (Å²) in [6, 6.07) is 13.6. The molecule has 2 aromatic carbocycles. The summed E-state index contributed by atoms with van der Waals surface area (Å²) in [5.41, 5.74) is 5.54. The third kappa shape index (κ3) is 5.33. The van der Waals surface area contributed by atoms with E-state index in [-0.39, 0.29) is 5.82 Å². The van der Waals surface area contributed by atoms with Crippen molar-refractivity contribution >= 4 is 29.4 Å². The molecule has 1 fully saturated rings. The molecule has 0 radical (unpaired) electrons. The van der Waals surface area contributed by atoms with Gasteiger partial charge in [0.15, 0.2) is 0 Å². The molecule has 0 amide bonds. The van der Waals surface area contributed by atoms with Crippen molar-refractivity contribution in [2.75, 3.05) is 18.4 Å². The Morgan fingerprint density at radius 3 is 2.50 bits per heavy atom. The molecule has 0 saturated carbocycles. The third-order valence-corrected chi connectivity index (χ3v) is 8.03. The van der Waals surface area contributed by atoms with Crippen LogP contribution in [0.25, 0.3) is 5.57 Å². The van der Waals surface area contributed by atoms with Crippen LogP contribution >= 0.6 is 11.9 Å². The number of aromatic nitrogens is 1. The van der Waals surface area contributed by atoms with E-state index in [9.17, 15) is 13.2 Å². The van der Waals surface area contributed by atoms with E-state index >= 15 is 0 Å². The molecule has 3 aromatic rings. The lowest BCUT2D eigenvalue weighted by molar-refractivity contribution is 0.287. The average molecular weight is 533 g/mol. The molecule has 1 unspecified atom stereocenters. The van der Waals surface area contributed by atoms with Crippen LogP contribution < -0.4 is 5.32 Å². The fourth-order valence-electron chi connectivity index (χ4n) is 5.12. The van der Waals surface area contributed by atoms with Crippen molar-refractivity contribution in [1.82, 2.24) is 9.29 Å². The normalized spacial score (nSPS) is 19.5. The molecule has 5 rings (SSSR count). The molecule has 8 heteroatoms. The molecule has 38 heavy (non-hydrogen) atoms. The zero-order valence-electron chi connectivity index (χ0n) is 20.9. The number of halogens is 3. The van der Waals surface area contributed by atoms with Gasteiger partial charge in [0.1, 0.15) is 17.5 Å². The fourth-order valence-corrected chi connectivity index (χ4v) is 6.21. The van der Waals surface area contributed by atoms with Gasteiger partial charge in [-0.15, -0.1) is 0 Å². The summed E-state index contributed by atoms with van der Waals surface area (Å²) in [4.78, 5) is 5.09. The minimum Gasteiger partial charge on any atom is -0.355 e. The van der Waals surface area contributed by atoms with Gasteiger partial charge < -0.3 is 10.7 Å². The average Bonchev–Trinajstić information content (AvgIpc) is 2.88. The van der Waals surface area contributed by atoms with Crippen molar-refractivity contribution in [3.8, 4) is 0 Å². The summed E-state index contributed by atoms with van der Waals surface area (Å²) in [6.07, 6.45) is 6.35. The van der Waals surface area contributed by atoms with Gasteiger partial charge in [0.25, 0.3) is 0 Å². The van der Waals surface area contributed by atoms with Crippen LogP contribution in [-0.2, 0) is 0 Å². The molecule has 194 valence electrons. The van der Waals surface area contributed by atoms with Crippen molar-refractivity contribution in [3.05, 3.63) is 119 Å². The topological polar surface area (TPSA) is 52.0 Å². The number of nitrogens with one attached hydrogen (secondary N) is 2. The monoisotopic (exact) mass is 532 g/mol. The van der Waals surface area contributed by atoms with Crippen LogP contribution in [0.5, 0.6) is 0 Å². The highest BCUT2D eigenvalue weighted by Crippen LogP contribution is 2.53. The van der Waals surface area contributed by atoms with E-state index in [2.05, 4.69) is 27.3 Å². The summed E-state index contributed by atoms with van der Waals surface area (Å²) in [5.74, 6) is -1.55. The molecule has 2 aliphatic rings. The number of piperidine rings is 1. The molecule has 4 nitrogen and oxygen atoms in total. The van der Waals surface area contributed by atoms with Gasteiger partial charge in [-0.25, -0.2) is 17.5 Å². The van der Waals surface area contributed by atoms with E-state index in [4.69, 9.17) is 5.41 Å². The van der Waals surface area contributed by atoms with Crippen molar-refractivity contribution in [2.45, 2.75) is 24.7 Å². The number of nitrogens with zero attached hydrogens (tertiary/aromatic N) is 2. The van der Waals surface area contributed by atoms with E-state index in [1.54, 1.807) is 18.3 Å². The number of anilines is 1. The van der Waals surface area contributed by atoms with E-state index in [1.165, 1.54) is 42.4 Å². The first-order chi connectivity index (χ1) is 18.3. The maximum Gasteiger partial charge on any atom is 0.127 e. The highest BCUT2D eigenvalue weighted by atomic mass is 32.2. The highest BCUT2D eigenvalue weighted by Gasteiger charge is 2.45. The molecule has 0 spiro atoms. The van der Waals surface area contributed by atoms with Gasteiger partial charge in [0, 0.05) is 53.3 Å². The Morgan fingerprint density at radius 2 is 1.82 bits per heavy atom. The van der Waals surface area contributed by atoms with Crippen molar-refractivity contribution in [3.63, 3.8) is 0 Å². The highest BCUT2D eigenvalue weighted by molar-refractivity contribution is 7.97. The van der Waals surface area contributed by atoms with Crippen LogP contribution in [0.1, 0.15) is 24.1 Å². The fraction of sp³-hybridized carbons (Fsp3) is 0.200. The number of allylic oxidation sites excluding steroid dienone is 2. The van der Waals surface area contributed by atoms with Crippen LogP contribution in [0, 0.1) is 35.2 Å². The van der Waals surface area contributed by atoms with E-state index in [1.807, 2.05) is 19.1 Å². The first kappa shape index (κ1) is 26.0. The quantitative estimate of drug-likeness (QED) is 0.243. The maximum absolute atomic E-state index is 13.9. The predicted octanol–water partition coefficient (Wildman–Crippen LogP) is 7.57. The van der Waals surface area contributed by atoms with Gasteiger partial charge in [-0.05, 0) is 103 Å². The van der Waals surface area contributed by atoms with Crippen molar-refractivity contribution < 1.29 is 13.2 Å². The predicted molar refractivity (Wildman–Crippen MR) is 147 cm³/mol. The third-order valence-electron chi connectivity index (χ3n) is 7.02. The Balaban J connectivity index is 1.52. The molecule has 1 aliphatic heterocycles. The van der Waals surface area contributed by atoms with Gasteiger partial charge in [0.05, 0.1) is 5.69 Å². The van der Waals surface area contributed by atoms with Crippen LogP contribution in [0.2, 0.25) is 0 Å². The molecule has 2 N–H and O–H groups in total. The Labute approximate surface area is 224 Å². The summed E-state index contributed by atoms with van der Waals surface area (Å²) < 4.78 is 43.3. The zero-order chi connectivity index (χ0) is 26.9. The molecular weight excluding hydrogens is 505 g/mol. The van der Waals surface area contributed by atoms with Crippen molar-refractivity contribution in [2.24, 2.45) is 5.41 Å². The van der Waals surface area contributed by atoms with Crippen LogP contribution in [-0.4, -0.2) is 28.6 Å². The molecule has 1 saturated heterocycles. The standard InChI is InChI=1S/C30H27F3N4S/c1-19-7-9-35-28(11-19)20(2)30-16-21(17-34)29(36-26-5-3-23(31)4-6-26)12-22(30)8-10-37(18-30)38-27-14-24(32)13-25(33)15-27/h3-7,9,11-15,17,34,36H,2,8,10,16,18H2,1H3. The van der Waals surface area contributed by atoms with Gasteiger partial charge in [-0.2, -0.15) is 0 Å². The first-order valence-corrected chi connectivity index (χ1v) is 13.0. The molecule has 2 heterocycles. The number of aryl methyl sites for hydroxylation is 1. The lowest BCUT2D eigenvalue weighted by Crippen LogP contribution is -2.44. The van der Waals surface area contributed by atoms with Gasteiger partial charge in [-0.1, -0.05) is 12.2 Å². The van der Waals surface area contributed by atoms with Crippen LogP contribution in [0.3, 0.4) is 0 Å². The maximum atomic E-state index is 13.9. The number of benzene rings is 2. The summed E-state index contributed by atoms with van der Waals surface area (Å²) in [6.45, 7) is 7.69. The number of hydrogen-bond donors (Lipinski definition) is 2. The molecule has 0 bridgehead atoms. The molecule has 1 aliphatic carbocycles. The van der Waals surface area contributed by atoms with Gasteiger partial charge >= 0.3 is 0 Å². The SMILES string of the molecule is C=C(c1cc(C)ccn1)C12CC(C=N)=C(Nc3ccc(F)cc3)C=C1CCN(Sc1cc(F)cc(F)c1)C2. The second-order valence-electron chi connectivity index (χ2n) is 9.65. The van der Waals surface area contributed by atoms with Gasteiger partial charge in [-0.3, -0.25) is 4.98 Å². The minimum atomic E-state index is -0.614. The van der Waals surface area contributed by atoms with E-state index < -0.39 is 17.0 Å². The van der Waals surface area contributed by atoms with E-state index in [0.29, 0.717) is 30.8 Å². The number of fused-ring (bicyclic) bond motifs is 1. The Morgan fingerprint density at radius 1 is 1.08 bits per heavy atom. The first-order valence-electron chi connectivity index (χ1n) is 12.2. The summed E-state index contributed by atoms with van der Waals surface area (Å²) in [5, 5.41) is 11.6. The minimum absolute atomic E-state index is 0.317.